The smallest absolute Gasteiger partial charge is 0.113 e. The van der Waals surface area contributed by atoms with Crippen LogP contribution >= 0.6 is 12.6 Å². The van der Waals surface area contributed by atoms with Gasteiger partial charge in [-0.3, -0.25) is 0 Å². The van der Waals surface area contributed by atoms with Crippen molar-refractivity contribution in [1.29, 1.82) is 0 Å². The average Bonchev–Trinajstić information content (AvgIpc) is 2.14. The molecule has 1 aliphatic heterocycles. The molecule has 0 saturated carbocycles. The molecular weight excluding hydrogens is 120 g/mol. The SMILES string of the molecule is CCC1OC=CC1S. The molecule has 0 amide bonds. The first-order chi connectivity index (χ1) is 3.84. The lowest BCUT2D eigenvalue weighted by Gasteiger charge is -2.10. The van der Waals surface area contributed by atoms with Crippen molar-refractivity contribution in [2.75, 3.05) is 0 Å². The standard InChI is InChI=1S/C6H10OS/c1-2-5-6(8)3-4-7-5/h3-6,8H,2H2,1H3. The van der Waals surface area contributed by atoms with Crippen molar-refractivity contribution < 1.29 is 4.74 Å². The summed E-state index contributed by atoms with van der Waals surface area (Å²) in [5.74, 6) is 0. The highest BCUT2D eigenvalue weighted by molar-refractivity contribution is 7.81. The summed E-state index contributed by atoms with van der Waals surface area (Å²) >= 11 is 4.26. The maximum Gasteiger partial charge on any atom is 0.113 e. The van der Waals surface area contributed by atoms with E-state index in [1.54, 1.807) is 6.26 Å². The lowest BCUT2D eigenvalue weighted by atomic mass is 10.2. The topological polar surface area (TPSA) is 9.23 Å². The summed E-state index contributed by atoms with van der Waals surface area (Å²) < 4.78 is 5.16. The normalized spacial score (nSPS) is 35.2. The third kappa shape index (κ3) is 0.996. The maximum atomic E-state index is 5.16. The van der Waals surface area contributed by atoms with Crippen LogP contribution in [-0.4, -0.2) is 11.4 Å². The molecule has 0 radical (unpaired) electrons. The molecule has 1 aliphatic rings. The summed E-state index contributed by atoms with van der Waals surface area (Å²) in [5, 5.41) is 0.319. The first-order valence-corrected chi connectivity index (χ1v) is 3.36. The van der Waals surface area contributed by atoms with E-state index in [1.165, 1.54) is 0 Å². The lowest BCUT2D eigenvalue weighted by molar-refractivity contribution is 0.170. The summed E-state index contributed by atoms with van der Waals surface area (Å²) in [6.07, 6.45) is 5.06. The minimum absolute atomic E-state index is 0.318. The van der Waals surface area contributed by atoms with Crippen LogP contribution in [0, 0.1) is 0 Å². The van der Waals surface area contributed by atoms with Crippen molar-refractivity contribution in [2.24, 2.45) is 0 Å². The van der Waals surface area contributed by atoms with Crippen LogP contribution in [0.25, 0.3) is 0 Å². The van der Waals surface area contributed by atoms with Crippen LogP contribution < -0.4 is 0 Å². The lowest BCUT2D eigenvalue weighted by Crippen LogP contribution is -2.14. The Morgan fingerprint density at radius 1 is 1.75 bits per heavy atom. The monoisotopic (exact) mass is 130 g/mol. The average molecular weight is 130 g/mol. The van der Waals surface area contributed by atoms with E-state index >= 15 is 0 Å². The van der Waals surface area contributed by atoms with Crippen molar-refractivity contribution in [3.63, 3.8) is 0 Å². The number of ether oxygens (including phenoxy) is 1. The zero-order valence-corrected chi connectivity index (χ0v) is 5.77. The Hall–Kier alpha value is -0.110. The Bertz CT molecular complexity index is 101. The summed E-state index contributed by atoms with van der Waals surface area (Å²) in [5.41, 5.74) is 0. The predicted octanol–water partition coefficient (Wildman–Crippen LogP) is 1.61. The molecule has 0 aliphatic carbocycles. The van der Waals surface area contributed by atoms with Gasteiger partial charge in [0.05, 0.1) is 11.5 Å². The molecule has 0 aromatic carbocycles. The van der Waals surface area contributed by atoms with Crippen LogP contribution in [0.4, 0.5) is 0 Å². The molecule has 1 heterocycles. The fraction of sp³-hybridized carbons (Fsp3) is 0.667. The Kier molecular flexibility index (Phi) is 1.84. The van der Waals surface area contributed by atoms with Gasteiger partial charge in [-0.1, -0.05) is 6.92 Å². The zero-order chi connectivity index (χ0) is 5.98. The van der Waals surface area contributed by atoms with Gasteiger partial charge >= 0.3 is 0 Å². The quantitative estimate of drug-likeness (QED) is 0.530. The summed E-state index contributed by atoms with van der Waals surface area (Å²) in [4.78, 5) is 0. The molecule has 2 atom stereocenters. The summed E-state index contributed by atoms with van der Waals surface area (Å²) in [6, 6.07) is 0. The van der Waals surface area contributed by atoms with Crippen LogP contribution in [0.15, 0.2) is 12.3 Å². The third-order valence-corrected chi connectivity index (χ3v) is 1.82. The molecule has 1 rings (SSSR count). The minimum Gasteiger partial charge on any atom is -0.497 e. The molecule has 2 unspecified atom stereocenters. The Morgan fingerprint density at radius 2 is 2.50 bits per heavy atom. The summed E-state index contributed by atoms with van der Waals surface area (Å²) in [7, 11) is 0. The molecule has 0 N–H and O–H groups in total. The highest BCUT2D eigenvalue weighted by Crippen LogP contribution is 2.17. The molecule has 0 aromatic heterocycles. The van der Waals surface area contributed by atoms with Gasteiger partial charge in [0.25, 0.3) is 0 Å². The molecule has 2 heteroatoms. The van der Waals surface area contributed by atoms with E-state index in [2.05, 4.69) is 19.6 Å². The van der Waals surface area contributed by atoms with Crippen LogP contribution in [0.2, 0.25) is 0 Å². The first kappa shape index (κ1) is 6.02. The van der Waals surface area contributed by atoms with Gasteiger partial charge in [0, 0.05) is 0 Å². The van der Waals surface area contributed by atoms with Crippen molar-refractivity contribution in [3.05, 3.63) is 12.3 Å². The van der Waals surface area contributed by atoms with Gasteiger partial charge in [-0.25, -0.2) is 0 Å². The van der Waals surface area contributed by atoms with E-state index in [-0.39, 0.29) is 0 Å². The predicted molar refractivity (Wildman–Crippen MR) is 37.1 cm³/mol. The molecule has 0 bridgehead atoms. The van der Waals surface area contributed by atoms with Crippen molar-refractivity contribution in [1.82, 2.24) is 0 Å². The number of hydrogen-bond donors (Lipinski definition) is 1. The van der Waals surface area contributed by atoms with Crippen molar-refractivity contribution in [3.8, 4) is 0 Å². The summed E-state index contributed by atoms with van der Waals surface area (Å²) in [6.45, 7) is 2.10. The van der Waals surface area contributed by atoms with Gasteiger partial charge in [0.1, 0.15) is 6.10 Å². The van der Waals surface area contributed by atoms with Gasteiger partial charge in [0.15, 0.2) is 0 Å². The number of thiol groups is 1. The Balaban J connectivity index is 2.38. The second-order valence-corrected chi connectivity index (χ2v) is 2.50. The largest absolute Gasteiger partial charge is 0.497 e. The third-order valence-electron chi connectivity index (χ3n) is 1.31. The van der Waals surface area contributed by atoms with E-state index in [4.69, 9.17) is 4.74 Å². The highest BCUT2D eigenvalue weighted by Gasteiger charge is 2.17. The first-order valence-electron chi connectivity index (χ1n) is 2.84. The van der Waals surface area contributed by atoms with Gasteiger partial charge in [0.2, 0.25) is 0 Å². The molecule has 0 spiro atoms. The molecule has 1 nitrogen and oxygen atoms in total. The van der Waals surface area contributed by atoms with Gasteiger partial charge < -0.3 is 4.74 Å². The van der Waals surface area contributed by atoms with E-state index in [1.807, 2.05) is 6.08 Å². The molecule has 8 heavy (non-hydrogen) atoms. The molecular formula is C6H10OS. The van der Waals surface area contributed by atoms with E-state index in [9.17, 15) is 0 Å². The Morgan fingerprint density at radius 3 is 2.75 bits per heavy atom. The second-order valence-electron chi connectivity index (χ2n) is 1.90. The van der Waals surface area contributed by atoms with Crippen molar-refractivity contribution in [2.45, 2.75) is 24.7 Å². The maximum absolute atomic E-state index is 5.16. The van der Waals surface area contributed by atoms with Gasteiger partial charge in [-0.2, -0.15) is 12.6 Å². The molecule has 46 valence electrons. The van der Waals surface area contributed by atoms with Crippen LogP contribution in [0.1, 0.15) is 13.3 Å². The van der Waals surface area contributed by atoms with Crippen LogP contribution in [0.3, 0.4) is 0 Å². The van der Waals surface area contributed by atoms with Crippen molar-refractivity contribution >= 4 is 12.6 Å². The van der Waals surface area contributed by atoms with Gasteiger partial charge in [-0.15, -0.1) is 0 Å². The number of hydrogen-bond acceptors (Lipinski definition) is 2. The van der Waals surface area contributed by atoms with E-state index in [0.29, 0.717) is 11.4 Å². The minimum atomic E-state index is 0.318. The molecule has 0 aromatic rings. The Labute approximate surface area is 55.1 Å². The second kappa shape index (κ2) is 2.44. The molecule has 0 saturated heterocycles. The zero-order valence-electron chi connectivity index (χ0n) is 4.87. The van der Waals surface area contributed by atoms with Gasteiger partial charge in [-0.05, 0) is 12.5 Å². The number of rotatable bonds is 1. The van der Waals surface area contributed by atoms with E-state index < -0.39 is 0 Å². The fourth-order valence-electron chi connectivity index (χ4n) is 0.769. The van der Waals surface area contributed by atoms with Crippen LogP contribution in [-0.2, 0) is 4.74 Å². The molecule has 0 fully saturated rings. The van der Waals surface area contributed by atoms with E-state index in [0.717, 1.165) is 6.42 Å². The highest BCUT2D eigenvalue weighted by atomic mass is 32.1. The fourth-order valence-corrected chi connectivity index (χ4v) is 1.12. The van der Waals surface area contributed by atoms with Crippen LogP contribution in [0.5, 0.6) is 0 Å².